The molecule has 0 fully saturated rings. The lowest BCUT2D eigenvalue weighted by Crippen LogP contribution is -2.11. The van der Waals surface area contributed by atoms with E-state index in [0.29, 0.717) is 22.6 Å². The van der Waals surface area contributed by atoms with Crippen LogP contribution in [-0.2, 0) is 0 Å². The van der Waals surface area contributed by atoms with Crippen molar-refractivity contribution >= 4 is 32.7 Å². The second-order valence-electron chi connectivity index (χ2n) is 4.98. The minimum absolute atomic E-state index is 0.413. The number of halogens is 1. The fourth-order valence-corrected chi connectivity index (χ4v) is 3.10. The third-order valence-corrected chi connectivity index (χ3v) is 4.38. The summed E-state index contributed by atoms with van der Waals surface area (Å²) in [6, 6.07) is 9.24. The number of ether oxygens (including phenoxy) is 2. The van der Waals surface area contributed by atoms with Crippen molar-refractivity contribution in [3.63, 3.8) is 0 Å². The maximum absolute atomic E-state index is 11.8. The van der Waals surface area contributed by atoms with Gasteiger partial charge in [0.1, 0.15) is 11.5 Å². The Morgan fingerprint density at radius 2 is 1.83 bits per heavy atom. The molecule has 0 saturated heterocycles. The normalized spacial score (nSPS) is 10.7. The summed E-state index contributed by atoms with van der Waals surface area (Å²) in [6.45, 7) is 0. The van der Waals surface area contributed by atoms with Crippen molar-refractivity contribution in [1.82, 2.24) is 4.98 Å². The van der Waals surface area contributed by atoms with Crippen molar-refractivity contribution in [2.24, 2.45) is 5.73 Å². The van der Waals surface area contributed by atoms with Gasteiger partial charge in [-0.15, -0.1) is 0 Å². The summed E-state index contributed by atoms with van der Waals surface area (Å²) in [5, 5.41) is 0.865. The molecule has 0 aliphatic carbocycles. The Hall–Kier alpha value is -2.47. The fourth-order valence-electron chi connectivity index (χ4n) is 2.67. The molecule has 3 N–H and O–H groups in total. The van der Waals surface area contributed by atoms with Gasteiger partial charge in [-0.3, -0.25) is 4.79 Å². The maximum Gasteiger partial charge on any atom is 0.250 e. The molecular weight excluding hydrogens is 360 g/mol. The zero-order valence-electron chi connectivity index (χ0n) is 12.6. The number of carbonyl (C=O) groups is 1. The summed E-state index contributed by atoms with van der Waals surface area (Å²) >= 11 is 3.48. The minimum Gasteiger partial charge on any atom is -0.496 e. The Morgan fingerprint density at radius 3 is 2.39 bits per heavy atom. The molecule has 1 heterocycles. The average Bonchev–Trinajstić information content (AvgIpc) is 2.94. The summed E-state index contributed by atoms with van der Waals surface area (Å²) in [5.74, 6) is 0.816. The molecule has 2 aromatic carbocycles. The van der Waals surface area contributed by atoms with Crippen molar-refractivity contribution in [3.8, 4) is 22.6 Å². The molecule has 1 amide bonds. The molecule has 1 aromatic heterocycles. The number of nitrogens with one attached hydrogen (secondary N) is 1. The van der Waals surface area contributed by atoms with E-state index in [2.05, 4.69) is 20.9 Å². The van der Waals surface area contributed by atoms with Crippen molar-refractivity contribution in [3.05, 3.63) is 46.6 Å². The minimum atomic E-state index is -0.500. The van der Waals surface area contributed by atoms with Gasteiger partial charge in [0, 0.05) is 16.1 Å². The van der Waals surface area contributed by atoms with E-state index >= 15 is 0 Å². The van der Waals surface area contributed by atoms with Crippen molar-refractivity contribution < 1.29 is 14.3 Å². The SMILES string of the molecule is COc1cccc(OC)c1-c1cc(C(N)=O)c2[nH]cc(Br)c2c1. The average molecular weight is 375 g/mol. The van der Waals surface area contributed by atoms with Crippen LogP contribution in [0.3, 0.4) is 0 Å². The Morgan fingerprint density at radius 1 is 1.17 bits per heavy atom. The van der Waals surface area contributed by atoms with E-state index < -0.39 is 5.91 Å². The molecule has 0 atom stereocenters. The first-order valence-electron chi connectivity index (χ1n) is 6.88. The van der Waals surface area contributed by atoms with Crippen molar-refractivity contribution in [2.45, 2.75) is 0 Å². The Bertz CT molecular complexity index is 880. The van der Waals surface area contributed by atoms with Crippen LogP contribution in [0.4, 0.5) is 0 Å². The number of aromatic amines is 1. The van der Waals surface area contributed by atoms with Gasteiger partial charge in [-0.05, 0) is 45.8 Å². The van der Waals surface area contributed by atoms with Gasteiger partial charge in [0.05, 0.1) is 30.9 Å². The third-order valence-electron chi connectivity index (χ3n) is 3.72. The summed E-state index contributed by atoms with van der Waals surface area (Å²) in [4.78, 5) is 14.9. The number of hydrogen-bond acceptors (Lipinski definition) is 3. The Labute approximate surface area is 141 Å². The van der Waals surface area contributed by atoms with Crippen LogP contribution in [0.25, 0.3) is 22.0 Å². The maximum atomic E-state index is 11.8. The number of rotatable bonds is 4. The van der Waals surface area contributed by atoms with Gasteiger partial charge in [0.2, 0.25) is 0 Å². The molecular formula is C17H15BrN2O3. The third kappa shape index (κ3) is 2.55. The van der Waals surface area contributed by atoms with Crippen LogP contribution in [0.5, 0.6) is 11.5 Å². The molecule has 23 heavy (non-hydrogen) atoms. The smallest absolute Gasteiger partial charge is 0.250 e. The Kier molecular flexibility index (Phi) is 4.00. The molecule has 5 nitrogen and oxygen atoms in total. The highest BCUT2D eigenvalue weighted by molar-refractivity contribution is 9.10. The van der Waals surface area contributed by atoms with Gasteiger partial charge in [0.15, 0.2) is 0 Å². The van der Waals surface area contributed by atoms with Crippen LogP contribution in [0.15, 0.2) is 41.0 Å². The number of H-pyrrole nitrogens is 1. The fraction of sp³-hybridized carbons (Fsp3) is 0.118. The number of benzene rings is 2. The lowest BCUT2D eigenvalue weighted by atomic mass is 9.98. The van der Waals surface area contributed by atoms with E-state index in [0.717, 1.165) is 21.0 Å². The molecule has 0 aliphatic rings. The number of amides is 1. The van der Waals surface area contributed by atoms with E-state index in [-0.39, 0.29) is 0 Å². The zero-order valence-corrected chi connectivity index (χ0v) is 14.2. The predicted octanol–water partition coefficient (Wildman–Crippen LogP) is 3.71. The van der Waals surface area contributed by atoms with Gasteiger partial charge in [-0.1, -0.05) is 6.07 Å². The summed E-state index contributed by atoms with van der Waals surface area (Å²) in [5.41, 5.74) is 8.22. The van der Waals surface area contributed by atoms with E-state index in [9.17, 15) is 4.79 Å². The molecule has 6 heteroatoms. The van der Waals surface area contributed by atoms with E-state index in [1.807, 2.05) is 24.3 Å². The second-order valence-corrected chi connectivity index (χ2v) is 5.84. The first-order valence-corrected chi connectivity index (χ1v) is 7.68. The van der Waals surface area contributed by atoms with Gasteiger partial charge in [-0.25, -0.2) is 0 Å². The van der Waals surface area contributed by atoms with Crippen molar-refractivity contribution in [2.75, 3.05) is 14.2 Å². The van der Waals surface area contributed by atoms with Gasteiger partial charge < -0.3 is 20.2 Å². The number of carbonyl (C=O) groups excluding carboxylic acids is 1. The number of nitrogens with two attached hydrogens (primary N) is 1. The molecule has 0 aliphatic heterocycles. The highest BCUT2D eigenvalue weighted by Gasteiger charge is 2.18. The van der Waals surface area contributed by atoms with Crippen LogP contribution in [0.2, 0.25) is 0 Å². The predicted molar refractivity (Wildman–Crippen MR) is 93.1 cm³/mol. The number of fused-ring (bicyclic) bond motifs is 1. The van der Waals surface area contributed by atoms with Gasteiger partial charge in [-0.2, -0.15) is 0 Å². The van der Waals surface area contributed by atoms with Crippen LogP contribution in [0, 0.1) is 0 Å². The molecule has 0 radical (unpaired) electrons. The molecule has 0 spiro atoms. The zero-order chi connectivity index (χ0) is 16.6. The largest absolute Gasteiger partial charge is 0.496 e. The molecule has 0 bridgehead atoms. The first kappa shape index (κ1) is 15.4. The summed E-state index contributed by atoms with van der Waals surface area (Å²) in [6.07, 6.45) is 1.78. The number of aromatic nitrogens is 1. The lowest BCUT2D eigenvalue weighted by Gasteiger charge is -2.14. The molecule has 0 unspecified atom stereocenters. The number of primary amides is 1. The lowest BCUT2D eigenvalue weighted by molar-refractivity contribution is 0.100. The monoisotopic (exact) mass is 374 g/mol. The molecule has 118 valence electrons. The van der Waals surface area contributed by atoms with E-state index in [1.165, 1.54) is 0 Å². The molecule has 0 saturated carbocycles. The van der Waals surface area contributed by atoms with Crippen LogP contribution in [0.1, 0.15) is 10.4 Å². The first-order chi connectivity index (χ1) is 11.1. The standard InChI is InChI=1S/C17H15BrN2O3/c1-22-13-4-3-5-14(23-2)15(13)9-6-10-12(18)8-20-16(10)11(7-9)17(19)21/h3-8,20H,1-2H3,(H2,19,21). The second kappa shape index (κ2) is 5.96. The molecule has 3 aromatic rings. The van der Waals surface area contributed by atoms with Crippen molar-refractivity contribution in [1.29, 1.82) is 0 Å². The Balaban J connectivity index is 2.37. The van der Waals surface area contributed by atoms with Crippen LogP contribution >= 0.6 is 15.9 Å². The van der Waals surface area contributed by atoms with Crippen LogP contribution in [-0.4, -0.2) is 25.1 Å². The van der Waals surface area contributed by atoms with Gasteiger partial charge >= 0.3 is 0 Å². The highest BCUT2D eigenvalue weighted by Crippen LogP contribution is 2.41. The highest BCUT2D eigenvalue weighted by atomic mass is 79.9. The van der Waals surface area contributed by atoms with E-state index in [4.69, 9.17) is 15.2 Å². The molecule has 3 rings (SSSR count). The number of hydrogen-bond donors (Lipinski definition) is 2. The topological polar surface area (TPSA) is 77.3 Å². The van der Waals surface area contributed by atoms with E-state index in [1.54, 1.807) is 26.5 Å². The summed E-state index contributed by atoms with van der Waals surface area (Å²) in [7, 11) is 3.19. The number of methoxy groups -OCH3 is 2. The summed E-state index contributed by atoms with van der Waals surface area (Å²) < 4.78 is 11.8. The van der Waals surface area contributed by atoms with Gasteiger partial charge in [0.25, 0.3) is 5.91 Å². The quantitative estimate of drug-likeness (QED) is 0.730. The van der Waals surface area contributed by atoms with Crippen LogP contribution < -0.4 is 15.2 Å².